The first-order chi connectivity index (χ1) is 8.09. The van der Waals surface area contributed by atoms with Crippen molar-refractivity contribution in [2.45, 2.75) is 32.9 Å². The van der Waals surface area contributed by atoms with Crippen LogP contribution in [0, 0.1) is 0 Å². The standard InChI is InChI=1S/C12H25N3O2/c1-10(2)14-12(16)11(3)13-4-5-15-6-8-17-9-7-15/h10-11,13H,4-9H2,1-3H3,(H,14,16). The molecule has 1 unspecified atom stereocenters. The first-order valence-corrected chi connectivity index (χ1v) is 6.43. The molecule has 1 amide bonds. The molecule has 0 aromatic carbocycles. The Balaban J connectivity index is 2.10. The van der Waals surface area contributed by atoms with Gasteiger partial charge in [-0.15, -0.1) is 0 Å². The van der Waals surface area contributed by atoms with Crippen molar-refractivity contribution in [1.29, 1.82) is 0 Å². The van der Waals surface area contributed by atoms with Gasteiger partial charge in [0.1, 0.15) is 0 Å². The maximum atomic E-state index is 11.6. The number of hydrogen-bond donors (Lipinski definition) is 2. The van der Waals surface area contributed by atoms with Crippen molar-refractivity contribution in [3.05, 3.63) is 0 Å². The minimum Gasteiger partial charge on any atom is -0.379 e. The summed E-state index contributed by atoms with van der Waals surface area (Å²) in [5, 5.41) is 6.14. The first kappa shape index (κ1) is 14.4. The van der Waals surface area contributed by atoms with Crippen LogP contribution in [0.4, 0.5) is 0 Å². The quantitative estimate of drug-likeness (QED) is 0.679. The van der Waals surface area contributed by atoms with Gasteiger partial charge in [0.25, 0.3) is 0 Å². The van der Waals surface area contributed by atoms with Gasteiger partial charge in [0.2, 0.25) is 5.91 Å². The van der Waals surface area contributed by atoms with E-state index in [1.165, 1.54) is 0 Å². The summed E-state index contributed by atoms with van der Waals surface area (Å²) in [5.41, 5.74) is 0. The van der Waals surface area contributed by atoms with Crippen LogP contribution in [0.5, 0.6) is 0 Å². The van der Waals surface area contributed by atoms with Gasteiger partial charge in [0, 0.05) is 32.2 Å². The second kappa shape index (κ2) is 7.63. The van der Waals surface area contributed by atoms with E-state index in [9.17, 15) is 4.79 Å². The van der Waals surface area contributed by atoms with E-state index in [0.29, 0.717) is 0 Å². The normalized spacial score (nSPS) is 19.3. The Morgan fingerprint density at radius 1 is 1.29 bits per heavy atom. The Morgan fingerprint density at radius 2 is 1.94 bits per heavy atom. The average molecular weight is 243 g/mol. The lowest BCUT2D eigenvalue weighted by Crippen LogP contribution is -2.47. The number of nitrogens with one attached hydrogen (secondary N) is 2. The molecule has 1 rings (SSSR count). The summed E-state index contributed by atoms with van der Waals surface area (Å²) in [5.74, 6) is 0.0713. The van der Waals surface area contributed by atoms with E-state index in [1.54, 1.807) is 0 Å². The van der Waals surface area contributed by atoms with Crippen LogP contribution in [0.15, 0.2) is 0 Å². The van der Waals surface area contributed by atoms with Crippen LogP contribution in [0.1, 0.15) is 20.8 Å². The Labute approximate surface area is 104 Å². The lowest BCUT2D eigenvalue weighted by Gasteiger charge is -2.27. The molecule has 0 aromatic heterocycles. The van der Waals surface area contributed by atoms with Crippen LogP contribution in [0.25, 0.3) is 0 Å². The van der Waals surface area contributed by atoms with Gasteiger partial charge in [-0.05, 0) is 20.8 Å². The third-order valence-electron chi connectivity index (χ3n) is 2.81. The van der Waals surface area contributed by atoms with Gasteiger partial charge >= 0.3 is 0 Å². The summed E-state index contributed by atoms with van der Waals surface area (Å²) in [4.78, 5) is 14.0. The third-order valence-corrected chi connectivity index (χ3v) is 2.81. The second-order valence-corrected chi connectivity index (χ2v) is 4.79. The van der Waals surface area contributed by atoms with Gasteiger partial charge in [0.05, 0.1) is 19.3 Å². The zero-order chi connectivity index (χ0) is 12.7. The number of amides is 1. The molecule has 5 heteroatoms. The largest absolute Gasteiger partial charge is 0.379 e. The molecule has 1 atom stereocenters. The second-order valence-electron chi connectivity index (χ2n) is 4.79. The maximum Gasteiger partial charge on any atom is 0.237 e. The molecule has 5 nitrogen and oxygen atoms in total. The summed E-state index contributed by atoms with van der Waals surface area (Å²) < 4.78 is 5.28. The average Bonchev–Trinajstić information content (AvgIpc) is 2.29. The molecular weight excluding hydrogens is 218 g/mol. The zero-order valence-electron chi connectivity index (χ0n) is 11.2. The summed E-state index contributed by atoms with van der Waals surface area (Å²) in [6, 6.07) is 0.0735. The van der Waals surface area contributed by atoms with Crippen molar-refractivity contribution in [1.82, 2.24) is 15.5 Å². The van der Waals surface area contributed by atoms with Gasteiger partial charge in [-0.2, -0.15) is 0 Å². The van der Waals surface area contributed by atoms with E-state index < -0.39 is 0 Å². The minimum absolute atomic E-state index is 0.0713. The van der Waals surface area contributed by atoms with Crippen molar-refractivity contribution < 1.29 is 9.53 Å². The summed E-state index contributed by atoms with van der Waals surface area (Å²) in [6.07, 6.45) is 0. The highest BCUT2D eigenvalue weighted by Gasteiger charge is 2.14. The molecule has 0 saturated carbocycles. The zero-order valence-corrected chi connectivity index (χ0v) is 11.2. The van der Waals surface area contributed by atoms with E-state index in [-0.39, 0.29) is 18.0 Å². The summed E-state index contributed by atoms with van der Waals surface area (Å²) in [7, 11) is 0. The Kier molecular flexibility index (Phi) is 6.47. The van der Waals surface area contributed by atoms with Crippen molar-refractivity contribution >= 4 is 5.91 Å². The van der Waals surface area contributed by atoms with Gasteiger partial charge < -0.3 is 15.4 Å². The van der Waals surface area contributed by atoms with Crippen LogP contribution >= 0.6 is 0 Å². The first-order valence-electron chi connectivity index (χ1n) is 6.43. The topological polar surface area (TPSA) is 53.6 Å². The van der Waals surface area contributed by atoms with Crippen molar-refractivity contribution in [2.24, 2.45) is 0 Å². The van der Waals surface area contributed by atoms with Gasteiger partial charge in [-0.1, -0.05) is 0 Å². The smallest absolute Gasteiger partial charge is 0.237 e. The highest BCUT2D eigenvalue weighted by Crippen LogP contribution is 1.95. The van der Waals surface area contributed by atoms with Crippen molar-refractivity contribution in [3.8, 4) is 0 Å². The lowest BCUT2D eigenvalue weighted by atomic mass is 10.2. The van der Waals surface area contributed by atoms with Crippen LogP contribution in [-0.4, -0.2) is 62.3 Å². The predicted octanol–water partition coefficient (Wildman–Crippen LogP) is -0.179. The van der Waals surface area contributed by atoms with Crippen LogP contribution in [0.2, 0.25) is 0 Å². The highest BCUT2D eigenvalue weighted by molar-refractivity contribution is 5.81. The molecule has 0 spiro atoms. The number of ether oxygens (including phenoxy) is 1. The molecule has 0 radical (unpaired) electrons. The Hall–Kier alpha value is -0.650. The Morgan fingerprint density at radius 3 is 2.53 bits per heavy atom. The molecular formula is C12H25N3O2. The molecule has 1 aliphatic rings. The molecule has 2 N–H and O–H groups in total. The third kappa shape index (κ3) is 6.00. The van der Waals surface area contributed by atoms with Crippen LogP contribution in [0.3, 0.4) is 0 Å². The van der Waals surface area contributed by atoms with Gasteiger partial charge in [0.15, 0.2) is 0 Å². The number of rotatable bonds is 6. The molecule has 1 aliphatic heterocycles. The van der Waals surface area contributed by atoms with Gasteiger partial charge in [-0.3, -0.25) is 9.69 Å². The summed E-state index contributed by atoms with van der Waals surface area (Å²) >= 11 is 0. The van der Waals surface area contributed by atoms with Crippen molar-refractivity contribution in [3.63, 3.8) is 0 Å². The summed E-state index contributed by atoms with van der Waals surface area (Å²) in [6.45, 7) is 11.3. The van der Waals surface area contributed by atoms with Crippen LogP contribution < -0.4 is 10.6 Å². The number of carbonyl (C=O) groups excluding carboxylic acids is 1. The molecule has 0 aliphatic carbocycles. The lowest BCUT2D eigenvalue weighted by molar-refractivity contribution is -0.123. The van der Waals surface area contributed by atoms with E-state index in [1.807, 2.05) is 20.8 Å². The Bertz CT molecular complexity index is 228. The molecule has 1 fully saturated rings. The number of nitrogens with zero attached hydrogens (tertiary/aromatic N) is 1. The van der Waals surface area contributed by atoms with Crippen LogP contribution in [-0.2, 0) is 9.53 Å². The molecule has 1 heterocycles. The fraction of sp³-hybridized carbons (Fsp3) is 0.917. The fourth-order valence-corrected chi connectivity index (χ4v) is 1.77. The highest BCUT2D eigenvalue weighted by atomic mass is 16.5. The number of hydrogen-bond acceptors (Lipinski definition) is 4. The molecule has 17 heavy (non-hydrogen) atoms. The SMILES string of the molecule is CC(C)NC(=O)C(C)NCCN1CCOCC1. The predicted molar refractivity (Wildman–Crippen MR) is 68.0 cm³/mol. The molecule has 0 aromatic rings. The monoisotopic (exact) mass is 243 g/mol. The maximum absolute atomic E-state index is 11.6. The van der Waals surface area contributed by atoms with E-state index in [0.717, 1.165) is 39.4 Å². The molecule has 1 saturated heterocycles. The van der Waals surface area contributed by atoms with Gasteiger partial charge in [-0.25, -0.2) is 0 Å². The number of morpholine rings is 1. The minimum atomic E-state index is -0.126. The van der Waals surface area contributed by atoms with Crippen molar-refractivity contribution in [2.75, 3.05) is 39.4 Å². The molecule has 0 bridgehead atoms. The van der Waals surface area contributed by atoms with E-state index >= 15 is 0 Å². The van der Waals surface area contributed by atoms with E-state index in [4.69, 9.17) is 4.74 Å². The number of carbonyl (C=O) groups is 1. The fourth-order valence-electron chi connectivity index (χ4n) is 1.77. The molecule has 100 valence electrons. The van der Waals surface area contributed by atoms with E-state index in [2.05, 4.69) is 15.5 Å².